The largest absolute Gasteiger partial charge is 0.379 e. The Balaban J connectivity index is 1.51. The third kappa shape index (κ3) is 5.74. The highest BCUT2D eigenvalue weighted by Crippen LogP contribution is 2.37. The zero-order valence-electron chi connectivity index (χ0n) is 19.8. The Morgan fingerprint density at radius 2 is 1.94 bits per heavy atom. The summed E-state index contributed by atoms with van der Waals surface area (Å²) in [4.78, 5) is 7.37. The molecule has 0 aliphatic carbocycles. The molecule has 1 N–H and O–H groups in total. The molecule has 2 heterocycles. The number of allylic oxidation sites excluding steroid dienone is 2. The summed E-state index contributed by atoms with van der Waals surface area (Å²) >= 11 is 0. The van der Waals surface area contributed by atoms with Crippen LogP contribution in [0.2, 0.25) is 0 Å². The minimum Gasteiger partial charge on any atom is -0.379 e. The first kappa shape index (κ1) is 22.9. The molecule has 0 saturated carbocycles. The maximum Gasteiger partial charge on any atom is 0.0594 e. The molecule has 2 aromatic carbocycles. The molecule has 4 nitrogen and oxygen atoms in total. The fraction of sp³-hybridized carbons (Fsp3) is 0.464. The van der Waals surface area contributed by atoms with Gasteiger partial charge < -0.3 is 10.1 Å². The molecular weight excluding hydrogens is 394 g/mol. The molecule has 2 aliphatic heterocycles. The van der Waals surface area contributed by atoms with E-state index in [2.05, 4.69) is 85.7 Å². The van der Waals surface area contributed by atoms with Gasteiger partial charge in [0.25, 0.3) is 0 Å². The van der Waals surface area contributed by atoms with Crippen molar-refractivity contribution >= 4 is 6.21 Å². The molecule has 4 heteroatoms. The summed E-state index contributed by atoms with van der Waals surface area (Å²) in [6.45, 7) is 13.4. The molecule has 1 saturated heterocycles. The Morgan fingerprint density at radius 1 is 1.12 bits per heavy atom. The number of ether oxygens (including phenoxy) is 1. The molecule has 0 amide bonds. The summed E-state index contributed by atoms with van der Waals surface area (Å²) in [5.74, 6) is 0.687. The topological polar surface area (TPSA) is 36.9 Å². The predicted molar refractivity (Wildman–Crippen MR) is 134 cm³/mol. The van der Waals surface area contributed by atoms with Crippen molar-refractivity contribution in [3.63, 3.8) is 0 Å². The number of hydrogen-bond acceptors (Lipinski definition) is 4. The highest BCUT2D eigenvalue weighted by molar-refractivity contribution is 5.65. The number of morpholine rings is 1. The predicted octanol–water partition coefficient (Wildman–Crippen LogP) is 4.85. The van der Waals surface area contributed by atoms with Crippen molar-refractivity contribution in [1.29, 1.82) is 0 Å². The summed E-state index contributed by atoms with van der Waals surface area (Å²) < 4.78 is 5.44. The minimum atomic E-state index is 0.173. The quantitative estimate of drug-likeness (QED) is 0.607. The first-order valence-corrected chi connectivity index (χ1v) is 12.0. The van der Waals surface area contributed by atoms with E-state index in [9.17, 15) is 0 Å². The standard InChI is InChI=1S/C28H37N3O/c1-21-10-11-27(30-19-21)28(26-9-4-6-22(2)23(26)3)25-8-5-7-24(18-25)20-29-12-13-31-14-16-32-17-15-31/h4-9,11,18-19,21,28-29H,10,12-17,20H2,1-3H3. The summed E-state index contributed by atoms with van der Waals surface area (Å²) in [5, 5.41) is 3.63. The van der Waals surface area contributed by atoms with E-state index in [4.69, 9.17) is 9.73 Å². The maximum absolute atomic E-state index is 5.44. The van der Waals surface area contributed by atoms with Crippen LogP contribution in [-0.4, -0.2) is 50.5 Å². The van der Waals surface area contributed by atoms with Crippen LogP contribution in [0.1, 0.15) is 47.1 Å². The number of nitrogens with one attached hydrogen (secondary N) is 1. The van der Waals surface area contributed by atoms with Crippen LogP contribution in [-0.2, 0) is 11.3 Å². The smallest absolute Gasteiger partial charge is 0.0594 e. The monoisotopic (exact) mass is 431 g/mol. The first-order chi connectivity index (χ1) is 15.6. The number of rotatable bonds is 8. The number of aryl methyl sites for hydroxylation is 1. The number of hydrogen-bond donors (Lipinski definition) is 1. The average Bonchev–Trinajstić information content (AvgIpc) is 2.82. The molecule has 2 atom stereocenters. The molecule has 2 aliphatic rings. The Kier molecular flexibility index (Phi) is 7.90. The van der Waals surface area contributed by atoms with Gasteiger partial charge in [-0.25, -0.2) is 0 Å². The van der Waals surface area contributed by atoms with Crippen molar-refractivity contribution in [3.8, 4) is 0 Å². The van der Waals surface area contributed by atoms with E-state index in [0.717, 1.165) is 52.4 Å². The van der Waals surface area contributed by atoms with E-state index in [-0.39, 0.29) is 5.92 Å². The van der Waals surface area contributed by atoms with E-state index < -0.39 is 0 Å². The fourth-order valence-electron chi connectivity index (χ4n) is 4.60. The van der Waals surface area contributed by atoms with Gasteiger partial charge >= 0.3 is 0 Å². The van der Waals surface area contributed by atoms with Gasteiger partial charge in [-0.1, -0.05) is 55.5 Å². The zero-order chi connectivity index (χ0) is 22.3. The Bertz CT molecular complexity index is 959. The van der Waals surface area contributed by atoms with E-state index in [1.165, 1.54) is 33.5 Å². The number of nitrogens with zero attached hydrogens (tertiary/aromatic N) is 2. The molecule has 1 fully saturated rings. The SMILES string of the molecule is Cc1cccc(C(C2=CCC(C)C=N2)c2cccc(CNCCN3CCOCC3)c2)c1C. The number of benzene rings is 2. The lowest BCUT2D eigenvalue weighted by molar-refractivity contribution is 0.0384. The van der Waals surface area contributed by atoms with Crippen LogP contribution in [0.25, 0.3) is 0 Å². The molecule has 32 heavy (non-hydrogen) atoms. The molecule has 2 unspecified atom stereocenters. The molecule has 0 bridgehead atoms. The van der Waals surface area contributed by atoms with Gasteiger partial charge in [-0.2, -0.15) is 0 Å². The second-order valence-corrected chi connectivity index (χ2v) is 9.22. The van der Waals surface area contributed by atoms with Crippen LogP contribution in [0.3, 0.4) is 0 Å². The van der Waals surface area contributed by atoms with Gasteiger partial charge in [0, 0.05) is 44.6 Å². The molecule has 170 valence electrons. The lowest BCUT2D eigenvalue weighted by Crippen LogP contribution is -2.40. The van der Waals surface area contributed by atoms with Gasteiger partial charge in [-0.05, 0) is 54.0 Å². The second kappa shape index (κ2) is 11.0. The van der Waals surface area contributed by atoms with Crippen LogP contribution >= 0.6 is 0 Å². The Morgan fingerprint density at radius 3 is 2.72 bits per heavy atom. The average molecular weight is 432 g/mol. The van der Waals surface area contributed by atoms with E-state index in [0.29, 0.717) is 5.92 Å². The van der Waals surface area contributed by atoms with Gasteiger partial charge in [0.15, 0.2) is 0 Å². The highest BCUT2D eigenvalue weighted by Gasteiger charge is 2.23. The third-order valence-electron chi connectivity index (χ3n) is 6.75. The molecule has 0 aromatic heterocycles. The van der Waals surface area contributed by atoms with E-state index in [1.807, 2.05) is 0 Å². The molecule has 2 aromatic rings. The van der Waals surface area contributed by atoms with Gasteiger partial charge in [0.05, 0.1) is 19.1 Å². The lowest BCUT2D eigenvalue weighted by Gasteiger charge is -2.26. The van der Waals surface area contributed by atoms with Gasteiger partial charge in [-0.3, -0.25) is 9.89 Å². The number of aliphatic imine (C=N–C) groups is 1. The van der Waals surface area contributed by atoms with Crippen LogP contribution in [0.4, 0.5) is 0 Å². The van der Waals surface area contributed by atoms with Crippen molar-refractivity contribution in [1.82, 2.24) is 10.2 Å². The maximum atomic E-state index is 5.44. The molecule has 0 spiro atoms. The van der Waals surface area contributed by atoms with E-state index in [1.54, 1.807) is 0 Å². The third-order valence-corrected chi connectivity index (χ3v) is 6.75. The molecule has 4 rings (SSSR count). The van der Waals surface area contributed by atoms with Crippen molar-refractivity contribution in [3.05, 3.63) is 82.1 Å². The van der Waals surface area contributed by atoms with Gasteiger partial charge in [0.2, 0.25) is 0 Å². The minimum absolute atomic E-state index is 0.173. The summed E-state index contributed by atoms with van der Waals surface area (Å²) in [6.07, 6.45) is 5.51. The summed E-state index contributed by atoms with van der Waals surface area (Å²) in [7, 11) is 0. The normalized spacial score (nSPS) is 20.2. The molecule has 0 radical (unpaired) electrons. The van der Waals surface area contributed by atoms with Crippen LogP contribution in [0, 0.1) is 19.8 Å². The first-order valence-electron chi connectivity index (χ1n) is 12.0. The van der Waals surface area contributed by atoms with E-state index >= 15 is 0 Å². The van der Waals surface area contributed by atoms with Crippen molar-refractivity contribution in [2.75, 3.05) is 39.4 Å². The highest BCUT2D eigenvalue weighted by atomic mass is 16.5. The van der Waals surface area contributed by atoms with Crippen LogP contribution in [0.15, 0.2) is 59.2 Å². The van der Waals surface area contributed by atoms with Crippen LogP contribution in [0.5, 0.6) is 0 Å². The second-order valence-electron chi connectivity index (χ2n) is 9.22. The van der Waals surface area contributed by atoms with Crippen LogP contribution < -0.4 is 5.32 Å². The Hall–Kier alpha value is -2.27. The van der Waals surface area contributed by atoms with Crippen molar-refractivity contribution in [2.45, 2.75) is 39.7 Å². The fourth-order valence-corrected chi connectivity index (χ4v) is 4.60. The summed E-state index contributed by atoms with van der Waals surface area (Å²) in [6, 6.07) is 15.7. The summed E-state index contributed by atoms with van der Waals surface area (Å²) in [5.41, 5.74) is 7.88. The Labute approximate surface area is 193 Å². The van der Waals surface area contributed by atoms with Gasteiger partial charge in [-0.15, -0.1) is 0 Å². The lowest BCUT2D eigenvalue weighted by atomic mass is 9.83. The van der Waals surface area contributed by atoms with Gasteiger partial charge in [0.1, 0.15) is 0 Å². The van der Waals surface area contributed by atoms with Crippen molar-refractivity contribution < 1.29 is 4.74 Å². The molecular formula is C28H37N3O. The zero-order valence-corrected chi connectivity index (χ0v) is 19.8. The van der Waals surface area contributed by atoms with Crippen molar-refractivity contribution in [2.24, 2.45) is 10.9 Å².